The van der Waals surface area contributed by atoms with Gasteiger partial charge in [-0.15, -0.1) is 0 Å². The van der Waals surface area contributed by atoms with Crippen LogP contribution in [0.1, 0.15) is 0 Å². The summed E-state index contributed by atoms with van der Waals surface area (Å²) < 4.78 is 14.6. The highest BCUT2D eigenvalue weighted by Crippen LogP contribution is 2.36. The number of halogens is 1. The quantitative estimate of drug-likeness (QED) is 0.327. The van der Waals surface area contributed by atoms with Gasteiger partial charge in [-0.3, -0.25) is 14.7 Å². The van der Waals surface area contributed by atoms with Gasteiger partial charge in [-0.2, -0.15) is 0 Å². The van der Waals surface area contributed by atoms with Gasteiger partial charge in [0.15, 0.2) is 5.65 Å². The Morgan fingerprint density at radius 3 is 2.43 bits per heavy atom. The Labute approximate surface area is 201 Å². The summed E-state index contributed by atoms with van der Waals surface area (Å²) >= 11 is 0. The monoisotopic (exact) mass is 466 g/mol. The van der Waals surface area contributed by atoms with Crippen LogP contribution in [-0.4, -0.2) is 58.4 Å². The van der Waals surface area contributed by atoms with Crippen molar-refractivity contribution in [3.63, 3.8) is 0 Å². The molecule has 0 atom stereocenters. The second-order valence-corrected chi connectivity index (χ2v) is 8.40. The Morgan fingerprint density at radius 2 is 1.63 bits per heavy atom. The van der Waals surface area contributed by atoms with Gasteiger partial charge in [0.25, 0.3) is 0 Å². The highest BCUT2D eigenvalue weighted by atomic mass is 19.1. The Bertz CT molecular complexity index is 1540. The minimum atomic E-state index is -0.360. The maximum atomic E-state index is 14.6. The number of hydrogen-bond donors (Lipinski definition) is 0. The first-order valence-corrected chi connectivity index (χ1v) is 11.2. The van der Waals surface area contributed by atoms with Crippen LogP contribution in [0.25, 0.3) is 44.3 Å². The molecular formula is C27H23FN6O. The van der Waals surface area contributed by atoms with Gasteiger partial charge in [0.05, 0.1) is 11.4 Å². The fourth-order valence-corrected chi connectivity index (χ4v) is 4.11. The van der Waals surface area contributed by atoms with E-state index in [1.165, 1.54) is 6.07 Å². The van der Waals surface area contributed by atoms with Crippen molar-refractivity contribution in [3.8, 4) is 22.5 Å². The number of hydrogen-bond acceptors (Lipinski definition) is 6. The number of anilines is 1. The number of rotatable bonds is 7. The van der Waals surface area contributed by atoms with E-state index in [1.807, 2.05) is 49.3 Å². The number of nitrogens with zero attached hydrogens (tertiary/aromatic N) is 6. The molecule has 0 N–H and O–H groups in total. The van der Waals surface area contributed by atoms with Crippen LogP contribution in [0.5, 0.6) is 0 Å². The van der Waals surface area contributed by atoms with Gasteiger partial charge in [-0.05, 0) is 56.6 Å². The van der Waals surface area contributed by atoms with Crippen molar-refractivity contribution in [1.29, 1.82) is 0 Å². The first-order chi connectivity index (χ1) is 17.1. The number of likely N-dealkylation sites (N-methyl/N-ethyl adjacent to an activating group) is 1. The molecule has 4 aromatic heterocycles. The molecule has 0 unspecified atom stereocenters. The standard InChI is InChI=1S/C27H23FN6O/c1-33(2)14-15-34(17-35)27-20-10-12-29-25(18(20)9-13-31-27)22-16-24(21-6-3-4-8-23(21)28)32-26-19(22)7-5-11-30-26/h3-13,16-17H,14-15H2,1-2H3. The zero-order chi connectivity index (χ0) is 24.4. The number of carbonyl (C=O) groups is 1. The SMILES string of the molecule is CN(C)CCN(C=O)c1nccc2c(-c3cc(-c4ccccc4F)nc4ncccc34)nccc12. The highest BCUT2D eigenvalue weighted by Gasteiger charge is 2.18. The summed E-state index contributed by atoms with van der Waals surface area (Å²) in [6, 6.07) is 15.9. The van der Waals surface area contributed by atoms with Crippen molar-refractivity contribution in [3.05, 3.63) is 79.0 Å². The molecular weight excluding hydrogens is 443 g/mol. The molecule has 0 saturated heterocycles. The number of carbonyl (C=O) groups excluding carboxylic acids is 1. The lowest BCUT2D eigenvalue weighted by molar-refractivity contribution is -0.107. The van der Waals surface area contributed by atoms with Gasteiger partial charge >= 0.3 is 0 Å². The van der Waals surface area contributed by atoms with Crippen molar-refractivity contribution in [2.45, 2.75) is 0 Å². The second-order valence-electron chi connectivity index (χ2n) is 8.40. The Balaban J connectivity index is 1.74. The summed E-state index contributed by atoms with van der Waals surface area (Å²) in [5, 5.41) is 2.42. The molecule has 0 spiro atoms. The van der Waals surface area contributed by atoms with Crippen LogP contribution in [0.3, 0.4) is 0 Å². The molecule has 174 valence electrons. The molecule has 5 aromatic rings. The minimum absolute atomic E-state index is 0.360. The summed E-state index contributed by atoms with van der Waals surface area (Å²) in [6.45, 7) is 1.20. The molecule has 0 fully saturated rings. The van der Waals surface area contributed by atoms with Gasteiger partial charge in [0, 0.05) is 59.0 Å². The summed E-state index contributed by atoms with van der Waals surface area (Å²) in [7, 11) is 3.91. The van der Waals surface area contributed by atoms with Crippen LogP contribution in [0.2, 0.25) is 0 Å². The van der Waals surface area contributed by atoms with Crippen molar-refractivity contribution >= 4 is 34.0 Å². The fourth-order valence-electron chi connectivity index (χ4n) is 4.11. The largest absolute Gasteiger partial charge is 0.308 e. The van der Waals surface area contributed by atoms with Crippen LogP contribution < -0.4 is 4.90 Å². The molecule has 0 radical (unpaired) electrons. The highest BCUT2D eigenvalue weighted by molar-refractivity contribution is 6.07. The van der Waals surface area contributed by atoms with Gasteiger partial charge in [-0.25, -0.2) is 19.3 Å². The van der Waals surface area contributed by atoms with E-state index < -0.39 is 0 Å². The Morgan fingerprint density at radius 1 is 0.829 bits per heavy atom. The summed E-state index contributed by atoms with van der Waals surface area (Å²) in [4.78, 5) is 33.8. The molecule has 0 bridgehead atoms. The van der Waals surface area contributed by atoms with E-state index >= 15 is 0 Å². The summed E-state index contributed by atoms with van der Waals surface area (Å²) in [5.74, 6) is 0.204. The average Bonchev–Trinajstić information content (AvgIpc) is 2.88. The predicted octanol–water partition coefficient (Wildman–Crippen LogP) is 4.57. The van der Waals surface area contributed by atoms with Gasteiger partial charge in [0.2, 0.25) is 6.41 Å². The molecule has 0 aliphatic carbocycles. The van der Waals surface area contributed by atoms with Crippen LogP contribution in [-0.2, 0) is 4.79 Å². The molecule has 1 amide bonds. The third-order valence-corrected chi connectivity index (χ3v) is 5.85. The Hall–Kier alpha value is -4.30. The third kappa shape index (κ3) is 4.31. The molecule has 0 saturated carbocycles. The topological polar surface area (TPSA) is 75.1 Å². The van der Waals surface area contributed by atoms with E-state index in [9.17, 15) is 9.18 Å². The lowest BCUT2D eigenvalue weighted by Crippen LogP contribution is -2.31. The molecule has 35 heavy (non-hydrogen) atoms. The molecule has 8 heteroatoms. The first-order valence-electron chi connectivity index (χ1n) is 11.2. The number of amides is 1. The lowest BCUT2D eigenvalue weighted by atomic mass is 9.99. The maximum absolute atomic E-state index is 14.6. The summed E-state index contributed by atoms with van der Waals surface area (Å²) in [5.41, 5.74) is 2.81. The second kappa shape index (κ2) is 9.52. The fraction of sp³-hybridized carbons (Fsp3) is 0.148. The molecule has 5 rings (SSSR count). The Kier molecular flexibility index (Phi) is 6.12. The molecule has 4 heterocycles. The number of pyridine rings is 4. The zero-order valence-electron chi connectivity index (χ0n) is 19.4. The van der Waals surface area contributed by atoms with E-state index in [1.54, 1.807) is 41.7 Å². The predicted molar refractivity (Wildman–Crippen MR) is 135 cm³/mol. The van der Waals surface area contributed by atoms with Crippen molar-refractivity contribution < 1.29 is 9.18 Å². The van der Waals surface area contributed by atoms with Crippen LogP contribution in [0.15, 0.2) is 73.2 Å². The molecule has 1 aromatic carbocycles. The van der Waals surface area contributed by atoms with Gasteiger partial charge in [0.1, 0.15) is 11.6 Å². The van der Waals surface area contributed by atoms with E-state index in [0.717, 1.165) is 28.1 Å². The summed E-state index contributed by atoms with van der Waals surface area (Å²) in [6.07, 6.45) is 5.83. The lowest BCUT2D eigenvalue weighted by Gasteiger charge is -2.21. The van der Waals surface area contributed by atoms with E-state index in [4.69, 9.17) is 4.98 Å². The normalized spacial score (nSPS) is 11.3. The van der Waals surface area contributed by atoms with Gasteiger partial charge < -0.3 is 4.90 Å². The third-order valence-electron chi connectivity index (χ3n) is 5.85. The maximum Gasteiger partial charge on any atom is 0.215 e. The molecule has 7 nitrogen and oxygen atoms in total. The number of benzene rings is 1. The average molecular weight is 467 g/mol. The van der Waals surface area contributed by atoms with E-state index in [0.29, 0.717) is 41.5 Å². The smallest absolute Gasteiger partial charge is 0.215 e. The minimum Gasteiger partial charge on any atom is -0.308 e. The number of aromatic nitrogens is 4. The van der Waals surface area contributed by atoms with Crippen molar-refractivity contribution in [2.24, 2.45) is 0 Å². The van der Waals surface area contributed by atoms with Gasteiger partial charge in [-0.1, -0.05) is 12.1 Å². The van der Waals surface area contributed by atoms with Crippen molar-refractivity contribution in [2.75, 3.05) is 32.1 Å². The van der Waals surface area contributed by atoms with Crippen LogP contribution in [0.4, 0.5) is 10.2 Å². The molecule has 0 aliphatic heterocycles. The van der Waals surface area contributed by atoms with Crippen LogP contribution in [0, 0.1) is 5.82 Å². The van der Waals surface area contributed by atoms with Crippen LogP contribution >= 0.6 is 0 Å². The first kappa shape index (κ1) is 22.5. The van der Waals surface area contributed by atoms with E-state index in [-0.39, 0.29) is 5.82 Å². The van der Waals surface area contributed by atoms with Crippen molar-refractivity contribution in [1.82, 2.24) is 24.8 Å². The van der Waals surface area contributed by atoms with E-state index in [2.05, 4.69) is 15.0 Å². The number of fused-ring (bicyclic) bond motifs is 2. The zero-order valence-corrected chi connectivity index (χ0v) is 19.4. The molecule has 0 aliphatic rings.